The predicted molar refractivity (Wildman–Crippen MR) is 82.5 cm³/mol. The zero-order chi connectivity index (χ0) is 14.8. The zero-order valence-corrected chi connectivity index (χ0v) is 12.8. The molecule has 1 aliphatic heterocycles. The zero-order valence-electron chi connectivity index (χ0n) is 12.1. The Kier molecular flexibility index (Phi) is 4.04. The molecule has 0 aliphatic carbocycles. The number of benzene rings is 2. The maximum Gasteiger partial charge on any atom is 0.161 e. The summed E-state index contributed by atoms with van der Waals surface area (Å²) < 4.78 is 16.7. The van der Waals surface area contributed by atoms with E-state index >= 15 is 0 Å². The standard InChI is InChI=1S/C17H17ClO3/c1-19-15-9-11-7-8-21-17(13(11)10-16(15)20-2)12-5-3-4-6-14(12)18/h3-6,9-10,17H,7-8H2,1-2H3. The van der Waals surface area contributed by atoms with E-state index in [1.807, 2.05) is 36.4 Å². The van der Waals surface area contributed by atoms with E-state index in [2.05, 4.69) is 0 Å². The van der Waals surface area contributed by atoms with Crippen molar-refractivity contribution in [2.45, 2.75) is 12.5 Å². The fraction of sp³-hybridized carbons (Fsp3) is 0.294. The summed E-state index contributed by atoms with van der Waals surface area (Å²) in [6.45, 7) is 0.665. The van der Waals surface area contributed by atoms with Gasteiger partial charge in [0.2, 0.25) is 0 Å². The Morgan fingerprint density at radius 1 is 1.05 bits per heavy atom. The summed E-state index contributed by atoms with van der Waals surface area (Å²) >= 11 is 6.32. The van der Waals surface area contributed by atoms with Gasteiger partial charge in [-0.15, -0.1) is 0 Å². The van der Waals surface area contributed by atoms with Crippen LogP contribution in [0.4, 0.5) is 0 Å². The van der Waals surface area contributed by atoms with Crippen molar-refractivity contribution in [1.29, 1.82) is 0 Å². The largest absolute Gasteiger partial charge is 0.493 e. The number of hydrogen-bond acceptors (Lipinski definition) is 3. The van der Waals surface area contributed by atoms with E-state index in [1.165, 1.54) is 5.56 Å². The molecule has 2 aromatic carbocycles. The van der Waals surface area contributed by atoms with Crippen molar-refractivity contribution in [3.8, 4) is 11.5 Å². The minimum atomic E-state index is -0.165. The third kappa shape index (κ3) is 2.59. The van der Waals surface area contributed by atoms with Crippen molar-refractivity contribution in [2.75, 3.05) is 20.8 Å². The van der Waals surface area contributed by atoms with Gasteiger partial charge in [0.05, 0.1) is 20.8 Å². The van der Waals surface area contributed by atoms with Gasteiger partial charge in [-0.05, 0) is 35.7 Å². The van der Waals surface area contributed by atoms with Crippen LogP contribution >= 0.6 is 11.6 Å². The molecule has 1 atom stereocenters. The SMILES string of the molecule is COc1cc2c(cc1OC)C(c1ccccc1Cl)OCC2. The number of fused-ring (bicyclic) bond motifs is 1. The molecular weight excluding hydrogens is 288 g/mol. The molecule has 0 amide bonds. The van der Waals surface area contributed by atoms with Gasteiger partial charge in [-0.2, -0.15) is 0 Å². The number of halogens is 1. The summed E-state index contributed by atoms with van der Waals surface area (Å²) in [7, 11) is 3.29. The lowest BCUT2D eigenvalue weighted by Crippen LogP contribution is -2.18. The molecule has 2 aromatic rings. The first-order valence-electron chi connectivity index (χ1n) is 6.85. The van der Waals surface area contributed by atoms with Crippen LogP contribution in [0, 0.1) is 0 Å². The van der Waals surface area contributed by atoms with Gasteiger partial charge in [0.25, 0.3) is 0 Å². The highest BCUT2D eigenvalue weighted by atomic mass is 35.5. The molecule has 21 heavy (non-hydrogen) atoms. The molecule has 0 spiro atoms. The van der Waals surface area contributed by atoms with E-state index in [9.17, 15) is 0 Å². The first-order valence-corrected chi connectivity index (χ1v) is 7.23. The Labute approximate surface area is 129 Å². The van der Waals surface area contributed by atoms with Crippen molar-refractivity contribution in [3.05, 3.63) is 58.1 Å². The van der Waals surface area contributed by atoms with Crippen LogP contribution in [0.15, 0.2) is 36.4 Å². The number of ether oxygens (including phenoxy) is 3. The maximum atomic E-state index is 6.32. The maximum absolute atomic E-state index is 6.32. The molecule has 0 fully saturated rings. The van der Waals surface area contributed by atoms with Crippen molar-refractivity contribution in [3.63, 3.8) is 0 Å². The van der Waals surface area contributed by atoms with Crippen LogP contribution in [-0.4, -0.2) is 20.8 Å². The fourth-order valence-corrected chi connectivity index (χ4v) is 2.95. The van der Waals surface area contributed by atoms with Crippen molar-refractivity contribution >= 4 is 11.6 Å². The molecule has 0 saturated heterocycles. The Balaban J connectivity index is 2.11. The van der Waals surface area contributed by atoms with Gasteiger partial charge in [0.15, 0.2) is 11.5 Å². The second kappa shape index (κ2) is 5.96. The molecule has 1 heterocycles. The fourth-order valence-electron chi connectivity index (χ4n) is 2.72. The van der Waals surface area contributed by atoms with E-state index in [4.69, 9.17) is 25.8 Å². The van der Waals surface area contributed by atoms with E-state index in [-0.39, 0.29) is 6.10 Å². The third-order valence-electron chi connectivity index (χ3n) is 3.77. The van der Waals surface area contributed by atoms with Crippen LogP contribution in [0.25, 0.3) is 0 Å². The lowest BCUT2D eigenvalue weighted by atomic mass is 9.92. The van der Waals surface area contributed by atoms with Crippen molar-refractivity contribution in [1.82, 2.24) is 0 Å². The molecule has 0 N–H and O–H groups in total. The smallest absolute Gasteiger partial charge is 0.161 e. The highest BCUT2D eigenvalue weighted by Gasteiger charge is 2.26. The monoisotopic (exact) mass is 304 g/mol. The van der Waals surface area contributed by atoms with Gasteiger partial charge >= 0.3 is 0 Å². The summed E-state index contributed by atoms with van der Waals surface area (Å²) in [4.78, 5) is 0. The topological polar surface area (TPSA) is 27.7 Å². The van der Waals surface area contributed by atoms with Crippen LogP contribution in [0.5, 0.6) is 11.5 Å². The van der Waals surface area contributed by atoms with Crippen LogP contribution in [0.2, 0.25) is 5.02 Å². The summed E-state index contributed by atoms with van der Waals surface area (Å²) in [5.74, 6) is 1.45. The summed E-state index contributed by atoms with van der Waals surface area (Å²) in [5.41, 5.74) is 3.28. The highest BCUT2D eigenvalue weighted by Crippen LogP contribution is 2.41. The lowest BCUT2D eigenvalue weighted by molar-refractivity contribution is 0.0695. The molecule has 110 valence electrons. The van der Waals surface area contributed by atoms with Crippen LogP contribution in [-0.2, 0) is 11.2 Å². The Bertz CT molecular complexity index is 654. The van der Waals surface area contributed by atoms with Gasteiger partial charge in [0.1, 0.15) is 6.10 Å². The first-order chi connectivity index (χ1) is 10.2. The summed E-state index contributed by atoms with van der Waals surface area (Å²) in [6.07, 6.45) is 0.693. The van der Waals surface area contributed by atoms with E-state index < -0.39 is 0 Å². The molecule has 3 nitrogen and oxygen atoms in total. The van der Waals surface area contributed by atoms with Gasteiger partial charge < -0.3 is 14.2 Å². The third-order valence-corrected chi connectivity index (χ3v) is 4.12. The molecule has 0 radical (unpaired) electrons. The lowest BCUT2D eigenvalue weighted by Gasteiger charge is -2.28. The predicted octanol–water partition coefficient (Wildman–Crippen LogP) is 4.02. The molecule has 1 unspecified atom stereocenters. The molecular formula is C17H17ClO3. The summed E-state index contributed by atoms with van der Waals surface area (Å²) in [5, 5.41) is 0.713. The summed E-state index contributed by atoms with van der Waals surface area (Å²) in [6, 6.07) is 11.8. The number of rotatable bonds is 3. The Morgan fingerprint density at radius 2 is 1.76 bits per heavy atom. The number of methoxy groups -OCH3 is 2. The highest BCUT2D eigenvalue weighted by molar-refractivity contribution is 6.31. The second-order valence-corrected chi connectivity index (χ2v) is 5.34. The molecule has 0 aromatic heterocycles. The van der Waals surface area contributed by atoms with Crippen LogP contribution in [0.1, 0.15) is 22.8 Å². The van der Waals surface area contributed by atoms with Crippen LogP contribution in [0.3, 0.4) is 0 Å². The van der Waals surface area contributed by atoms with Gasteiger partial charge in [-0.3, -0.25) is 0 Å². The average Bonchev–Trinajstić information content (AvgIpc) is 2.53. The van der Waals surface area contributed by atoms with E-state index in [0.717, 1.165) is 23.3 Å². The minimum absolute atomic E-state index is 0.165. The van der Waals surface area contributed by atoms with Gasteiger partial charge in [-0.1, -0.05) is 29.8 Å². The van der Waals surface area contributed by atoms with Gasteiger partial charge in [-0.25, -0.2) is 0 Å². The molecule has 1 aliphatic rings. The second-order valence-electron chi connectivity index (χ2n) is 4.93. The first kappa shape index (κ1) is 14.2. The number of hydrogen-bond donors (Lipinski definition) is 0. The van der Waals surface area contributed by atoms with Gasteiger partial charge in [0, 0.05) is 10.6 Å². The Hall–Kier alpha value is -1.71. The average molecular weight is 305 g/mol. The molecule has 0 saturated carbocycles. The molecule has 0 bridgehead atoms. The normalized spacial score (nSPS) is 17.2. The quantitative estimate of drug-likeness (QED) is 0.857. The van der Waals surface area contributed by atoms with E-state index in [1.54, 1.807) is 14.2 Å². The minimum Gasteiger partial charge on any atom is -0.493 e. The van der Waals surface area contributed by atoms with Crippen molar-refractivity contribution < 1.29 is 14.2 Å². The molecule has 3 rings (SSSR count). The van der Waals surface area contributed by atoms with Crippen molar-refractivity contribution in [2.24, 2.45) is 0 Å². The molecule has 4 heteroatoms. The van der Waals surface area contributed by atoms with Crippen LogP contribution < -0.4 is 9.47 Å². The Morgan fingerprint density at radius 3 is 2.48 bits per heavy atom. The van der Waals surface area contributed by atoms with E-state index in [0.29, 0.717) is 17.4 Å².